The zero-order valence-corrected chi connectivity index (χ0v) is 14.0. The third kappa shape index (κ3) is 3.60. The smallest absolute Gasteiger partial charge is 0.129 e. The molecule has 3 rings (SSSR count). The van der Waals surface area contributed by atoms with Gasteiger partial charge in [0, 0.05) is 38.1 Å². The van der Waals surface area contributed by atoms with Crippen LogP contribution in [-0.2, 0) is 11.3 Å². The number of anilines is 1. The molecule has 0 bridgehead atoms. The van der Waals surface area contributed by atoms with E-state index in [2.05, 4.69) is 30.5 Å². The van der Waals surface area contributed by atoms with E-state index in [9.17, 15) is 0 Å². The zero-order valence-electron chi connectivity index (χ0n) is 13.2. The number of aryl methyl sites for hydroxylation is 2. The highest BCUT2D eigenvalue weighted by molar-refractivity contribution is 7.09. The summed E-state index contributed by atoms with van der Waals surface area (Å²) < 4.78 is 5.91. The van der Waals surface area contributed by atoms with Crippen molar-refractivity contribution in [2.24, 2.45) is 0 Å². The Bertz CT molecular complexity index is 645. The molecule has 1 aliphatic heterocycles. The van der Waals surface area contributed by atoms with Gasteiger partial charge in [-0.15, -0.1) is 11.3 Å². The van der Waals surface area contributed by atoms with Crippen LogP contribution in [0.5, 0.6) is 0 Å². The third-order valence-corrected chi connectivity index (χ3v) is 4.47. The first kappa shape index (κ1) is 15.3. The second kappa shape index (κ2) is 6.68. The van der Waals surface area contributed by atoms with Gasteiger partial charge < -0.3 is 10.1 Å². The van der Waals surface area contributed by atoms with Crippen LogP contribution in [0.25, 0.3) is 0 Å². The molecule has 0 unspecified atom stereocenters. The van der Waals surface area contributed by atoms with Crippen molar-refractivity contribution in [1.82, 2.24) is 19.9 Å². The molecule has 1 aliphatic rings. The summed E-state index contributed by atoms with van der Waals surface area (Å²) in [5, 5.41) is 6.32. The van der Waals surface area contributed by atoms with E-state index >= 15 is 0 Å². The Morgan fingerprint density at radius 1 is 1.36 bits per heavy atom. The van der Waals surface area contributed by atoms with Gasteiger partial charge in [0.05, 0.1) is 23.0 Å². The fourth-order valence-corrected chi connectivity index (χ4v) is 3.22. The van der Waals surface area contributed by atoms with Crippen molar-refractivity contribution < 1.29 is 4.74 Å². The number of nitrogens with zero attached hydrogens (tertiary/aromatic N) is 4. The molecule has 2 aromatic rings. The first-order valence-electron chi connectivity index (χ1n) is 7.42. The van der Waals surface area contributed by atoms with Gasteiger partial charge in [0.2, 0.25) is 0 Å². The van der Waals surface area contributed by atoms with Crippen LogP contribution in [0.3, 0.4) is 0 Å². The Kier molecular flexibility index (Phi) is 4.66. The molecular weight excluding hydrogens is 298 g/mol. The average molecular weight is 319 g/mol. The van der Waals surface area contributed by atoms with E-state index in [1.165, 1.54) is 0 Å². The van der Waals surface area contributed by atoms with Crippen molar-refractivity contribution in [2.45, 2.75) is 26.5 Å². The highest BCUT2D eigenvalue weighted by Gasteiger charge is 2.24. The van der Waals surface area contributed by atoms with Crippen molar-refractivity contribution in [3.05, 3.63) is 33.7 Å². The van der Waals surface area contributed by atoms with Crippen LogP contribution in [0.4, 0.5) is 5.82 Å². The van der Waals surface area contributed by atoms with Crippen molar-refractivity contribution in [3.63, 3.8) is 0 Å². The highest BCUT2D eigenvalue weighted by Crippen LogP contribution is 2.23. The van der Waals surface area contributed by atoms with Crippen molar-refractivity contribution in [3.8, 4) is 0 Å². The van der Waals surface area contributed by atoms with Gasteiger partial charge in [0.15, 0.2) is 0 Å². The molecule has 3 heterocycles. The summed E-state index contributed by atoms with van der Waals surface area (Å²) in [6.07, 6.45) is -0.0118. The number of nitrogens with one attached hydrogen (secondary N) is 1. The quantitative estimate of drug-likeness (QED) is 0.932. The van der Waals surface area contributed by atoms with Crippen LogP contribution in [0.15, 0.2) is 11.4 Å². The average Bonchev–Trinajstić information content (AvgIpc) is 2.92. The highest BCUT2D eigenvalue weighted by atomic mass is 32.1. The Hall–Kier alpha value is -1.57. The monoisotopic (exact) mass is 319 g/mol. The largest absolute Gasteiger partial charge is 0.373 e. The Morgan fingerprint density at radius 3 is 2.95 bits per heavy atom. The topological polar surface area (TPSA) is 63.2 Å². The summed E-state index contributed by atoms with van der Waals surface area (Å²) in [6, 6.07) is 1.97. The molecule has 0 radical (unpaired) electrons. The molecule has 1 atom stereocenters. The van der Waals surface area contributed by atoms with Crippen LogP contribution in [0, 0.1) is 13.8 Å². The second-order valence-corrected chi connectivity index (χ2v) is 6.49. The van der Waals surface area contributed by atoms with Crippen LogP contribution in [0.1, 0.15) is 28.3 Å². The lowest BCUT2D eigenvalue weighted by Crippen LogP contribution is -2.38. The van der Waals surface area contributed by atoms with Crippen LogP contribution < -0.4 is 5.32 Å². The number of morpholine rings is 1. The molecule has 118 valence electrons. The van der Waals surface area contributed by atoms with Gasteiger partial charge in [-0.05, 0) is 13.8 Å². The fourth-order valence-electron chi connectivity index (χ4n) is 2.62. The van der Waals surface area contributed by atoms with Crippen molar-refractivity contribution in [2.75, 3.05) is 32.1 Å². The van der Waals surface area contributed by atoms with Crippen molar-refractivity contribution in [1.29, 1.82) is 0 Å². The molecule has 2 aromatic heterocycles. The SMILES string of the molecule is CNc1cc([C@H]2CN(Cc3csc(C)n3)CCO2)nc(C)n1. The van der Waals surface area contributed by atoms with Gasteiger partial charge >= 0.3 is 0 Å². The summed E-state index contributed by atoms with van der Waals surface area (Å²) in [5.74, 6) is 1.59. The molecule has 1 fully saturated rings. The lowest BCUT2D eigenvalue weighted by Gasteiger charge is -2.32. The Morgan fingerprint density at radius 2 is 2.23 bits per heavy atom. The van der Waals surface area contributed by atoms with E-state index in [-0.39, 0.29) is 6.10 Å². The number of hydrogen-bond donors (Lipinski definition) is 1. The van der Waals surface area contributed by atoms with Crippen LogP contribution in [0.2, 0.25) is 0 Å². The minimum absolute atomic E-state index is 0.0118. The first-order chi connectivity index (χ1) is 10.6. The Labute approximate surface area is 134 Å². The molecular formula is C15H21N5OS. The summed E-state index contributed by atoms with van der Waals surface area (Å²) in [6.45, 7) is 7.29. The zero-order chi connectivity index (χ0) is 15.5. The minimum atomic E-state index is -0.0118. The predicted octanol–water partition coefficient (Wildman–Crippen LogP) is 2.17. The van der Waals surface area contributed by atoms with E-state index in [0.717, 1.165) is 47.7 Å². The van der Waals surface area contributed by atoms with E-state index < -0.39 is 0 Å². The number of ether oxygens (including phenoxy) is 1. The maximum Gasteiger partial charge on any atom is 0.129 e. The summed E-state index contributed by atoms with van der Waals surface area (Å²) >= 11 is 1.70. The van der Waals surface area contributed by atoms with Crippen LogP contribution >= 0.6 is 11.3 Å². The number of hydrogen-bond acceptors (Lipinski definition) is 7. The lowest BCUT2D eigenvalue weighted by atomic mass is 10.2. The normalized spacial score (nSPS) is 19.3. The Balaban J connectivity index is 1.71. The molecule has 1 saturated heterocycles. The van der Waals surface area contributed by atoms with Gasteiger partial charge in [-0.25, -0.2) is 15.0 Å². The molecule has 6 nitrogen and oxygen atoms in total. The van der Waals surface area contributed by atoms with Gasteiger partial charge in [0.25, 0.3) is 0 Å². The molecule has 22 heavy (non-hydrogen) atoms. The fraction of sp³-hybridized carbons (Fsp3) is 0.533. The van der Waals surface area contributed by atoms with Gasteiger partial charge in [0.1, 0.15) is 17.7 Å². The predicted molar refractivity (Wildman–Crippen MR) is 87.1 cm³/mol. The van der Waals surface area contributed by atoms with E-state index in [1.54, 1.807) is 11.3 Å². The van der Waals surface area contributed by atoms with Crippen molar-refractivity contribution >= 4 is 17.2 Å². The molecule has 7 heteroatoms. The van der Waals surface area contributed by atoms with Gasteiger partial charge in [-0.3, -0.25) is 4.90 Å². The molecule has 0 aliphatic carbocycles. The summed E-state index contributed by atoms with van der Waals surface area (Å²) in [5.41, 5.74) is 2.08. The standard InChI is InChI=1S/C15H21N5OS/c1-10-17-13(6-15(16-3)18-10)14-8-20(4-5-21-14)7-12-9-22-11(2)19-12/h6,9,14H,4-5,7-8H2,1-3H3,(H,16,17,18)/t14-/m1/s1. The third-order valence-electron chi connectivity index (χ3n) is 3.65. The number of rotatable bonds is 4. The maximum atomic E-state index is 5.91. The number of aromatic nitrogens is 3. The van der Waals surface area contributed by atoms with Crippen LogP contribution in [-0.4, -0.2) is 46.6 Å². The lowest BCUT2D eigenvalue weighted by molar-refractivity contribution is -0.0353. The first-order valence-corrected chi connectivity index (χ1v) is 8.30. The molecule has 0 aromatic carbocycles. The second-order valence-electron chi connectivity index (χ2n) is 5.43. The van der Waals surface area contributed by atoms with Gasteiger partial charge in [-0.1, -0.05) is 0 Å². The van der Waals surface area contributed by atoms with E-state index in [0.29, 0.717) is 6.61 Å². The molecule has 0 spiro atoms. The minimum Gasteiger partial charge on any atom is -0.373 e. The number of thiazole rings is 1. The summed E-state index contributed by atoms with van der Waals surface area (Å²) in [4.78, 5) is 15.8. The van der Waals surface area contributed by atoms with Gasteiger partial charge in [-0.2, -0.15) is 0 Å². The summed E-state index contributed by atoms with van der Waals surface area (Å²) in [7, 11) is 1.87. The maximum absolute atomic E-state index is 5.91. The van der Waals surface area contributed by atoms with E-state index in [1.807, 2.05) is 27.0 Å². The molecule has 0 saturated carbocycles. The van der Waals surface area contributed by atoms with E-state index in [4.69, 9.17) is 4.74 Å². The molecule has 0 amide bonds. The molecule has 1 N–H and O–H groups in total.